The number of carbonyl (C=O) groups excluding carboxylic acids is 3. The first kappa shape index (κ1) is 19.8. The van der Waals surface area contributed by atoms with Crippen LogP contribution in [0.3, 0.4) is 0 Å². The highest BCUT2D eigenvalue weighted by Gasteiger charge is 2.23. The zero-order valence-corrected chi connectivity index (χ0v) is 15.8. The first-order valence-electron chi connectivity index (χ1n) is 8.51. The molecule has 0 radical (unpaired) electrons. The van der Waals surface area contributed by atoms with Gasteiger partial charge in [-0.2, -0.15) is 0 Å². The summed E-state index contributed by atoms with van der Waals surface area (Å²) in [5.74, 6) is -2.54. The van der Waals surface area contributed by atoms with Gasteiger partial charge in [-0.15, -0.1) is 0 Å². The first-order chi connectivity index (χ1) is 13.8. The van der Waals surface area contributed by atoms with Crippen LogP contribution in [0.4, 0.5) is 0 Å². The molecule has 0 fully saturated rings. The predicted molar refractivity (Wildman–Crippen MR) is 102 cm³/mol. The van der Waals surface area contributed by atoms with Crippen molar-refractivity contribution in [3.63, 3.8) is 0 Å². The molecule has 0 bridgehead atoms. The molecule has 0 unspecified atom stereocenters. The summed E-state index contributed by atoms with van der Waals surface area (Å²) in [6.45, 7) is 3.50. The maximum atomic E-state index is 13.2. The molecule has 0 saturated carbocycles. The minimum Gasteiger partial charge on any atom is -0.452 e. The van der Waals surface area contributed by atoms with Crippen LogP contribution in [0.25, 0.3) is 22.3 Å². The number of ether oxygens (including phenoxy) is 3. The normalized spacial score (nSPS) is 10.4. The van der Waals surface area contributed by atoms with Crippen LogP contribution >= 0.6 is 0 Å². The van der Waals surface area contributed by atoms with E-state index >= 15 is 0 Å². The molecule has 3 rings (SSSR count). The van der Waals surface area contributed by atoms with E-state index in [1.807, 2.05) is 0 Å². The predicted octanol–water partition coefficient (Wildman–Crippen LogP) is 3.24. The van der Waals surface area contributed by atoms with Crippen LogP contribution in [0.5, 0.6) is 17.2 Å². The third kappa shape index (κ3) is 4.32. The van der Waals surface area contributed by atoms with Crippen LogP contribution in [-0.4, -0.2) is 17.9 Å². The zero-order valence-electron chi connectivity index (χ0n) is 15.8. The summed E-state index contributed by atoms with van der Waals surface area (Å²) >= 11 is 0. The van der Waals surface area contributed by atoms with E-state index < -0.39 is 23.3 Å². The molecule has 148 valence electrons. The van der Waals surface area contributed by atoms with Gasteiger partial charge in [-0.1, -0.05) is 30.3 Å². The van der Waals surface area contributed by atoms with E-state index in [-0.39, 0.29) is 34.0 Å². The maximum Gasteiger partial charge on any atom is 0.308 e. The third-order valence-corrected chi connectivity index (χ3v) is 3.69. The summed E-state index contributed by atoms with van der Waals surface area (Å²) in [5, 5.41) is -0.132. The van der Waals surface area contributed by atoms with E-state index in [1.54, 1.807) is 30.3 Å². The van der Waals surface area contributed by atoms with Gasteiger partial charge in [0, 0.05) is 38.5 Å². The molecule has 29 heavy (non-hydrogen) atoms. The van der Waals surface area contributed by atoms with Crippen LogP contribution in [0.15, 0.2) is 51.7 Å². The molecule has 3 aromatic rings. The summed E-state index contributed by atoms with van der Waals surface area (Å²) in [6.07, 6.45) is 0. The Balaban J connectivity index is 2.39. The van der Waals surface area contributed by atoms with Gasteiger partial charge in [-0.25, -0.2) is 0 Å². The Labute approximate surface area is 164 Å². The Bertz CT molecular complexity index is 1170. The molecule has 0 saturated heterocycles. The fraction of sp³-hybridized carbons (Fsp3) is 0.143. The molecule has 0 aliphatic heterocycles. The monoisotopic (exact) mass is 396 g/mol. The van der Waals surface area contributed by atoms with Crippen molar-refractivity contribution >= 4 is 28.9 Å². The quantitative estimate of drug-likeness (QED) is 0.488. The van der Waals surface area contributed by atoms with Gasteiger partial charge in [-0.3, -0.25) is 19.2 Å². The summed E-state index contributed by atoms with van der Waals surface area (Å²) in [4.78, 5) is 47.6. The van der Waals surface area contributed by atoms with E-state index in [4.69, 9.17) is 18.6 Å². The van der Waals surface area contributed by atoms with Crippen LogP contribution < -0.4 is 19.6 Å². The Hall–Kier alpha value is -3.94. The SMILES string of the molecule is CC(=O)Oc1cc(OC(C)=O)c2c(=O)c(OC(C)=O)c(-c3ccccc3)oc2c1. The average molecular weight is 396 g/mol. The Morgan fingerprint density at radius 2 is 1.45 bits per heavy atom. The highest BCUT2D eigenvalue weighted by Crippen LogP contribution is 2.36. The highest BCUT2D eigenvalue weighted by atomic mass is 16.6. The van der Waals surface area contributed by atoms with Crippen molar-refractivity contribution in [3.05, 3.63) is 52.7 Å². The number of fused-ring (bicyclic) bond motifs is 1. The Morgan fingerprint density at radius 1 is 0.828 bits per heavy atom. The van der Waals surface area contributed by atoms with Crippen molar-refractivity contribution in [2.45, 2.75) is 20.8 Å². The lowest BCUT2D eigenvalue weighted by Crippen LogP contribution is -2.15. The van der Waals surface area contributed by atoms with Crippen molar-refractivity contribution in [2.24, 2.45) is 0 Å². The summed E-state index contributed by atoms with van der Waals surface area (Å²) in [5.41, 5.74) is -0.250. The minimum atomic E-state index is -0.723. The van der Waals surface area contributed by atoms with Crippen molar-refractivity contribution in [1.29, 1.82) is 0 Å². The molecule has 0 spiro atoms. The molecular formula is C21H16O8. The molecule has 1 heterocycles. The number of hydrogen-bond acceptors (Lipinski definition) is 8. The molecule has 0 aliphatic carbocycles. The van der Waals surface area contributed by atoms with Crippen LogP contribution in [0, 0.1) is 0 Å². The zero-order chi connectivity index (χ0) is 21.1. The standard InChI is InChI=1S/C21H16O8/c1-11(22)26-15-9-16(27-12(2)23)18-17(10-15)29-20(14-7-5-4-6-8-14)21(19(18)25)28-13(3)24/h4-10H,1-3H3. The number of esters is 3. The van der Waals surface area contributed by atoms with Gasteiger partial charge < -0.3 is 18.6 Å². The maximum absolute atomic E-state index is 13.2. The van der Waals surface area contributed by atoms with Crippen LogP contribution in [0.1, 0.15) is 20.8 Å². The molecule has 8 nitrogen and oxygen atoms in total. The smallest absolute Gasteiger partial charge is 0.308 e. The molecule has 0 amide bonds. The second kappa shape index (κ2) is 7.97. The van der Waals surface area contributed by atoms with Crippen molar-refractivity contribution in [2.75, 3.05) is 0 Å². The van der Waals surface area contributed by atoms with Gasteiger partial charge in [0.25, 0.3) is 0 Å². The molecular weight excluding hydrogens is 380 g/mol. The van der Waals surface area contributed by atoms with Crippen LogP contribution in [-0.2, 0) is 14.4 Å². The molecule has 2 aromatic carbocycles. The number of rotatable bonds is 4. The lowest BCUT2D eigenvalue weighted by molar-refractivity contribution is -0.133. The van der Waals surface area contributed by atoms with Gasteiger partial charge in [0.1, 0.15) is 22.5 Å². The topological polar surface area (TPSA) is 109 Å². The van der Waals surface area contributed by atoms with Gasteiger partial charge in [0.15, 0.2) is 5.76 Å². The molecule has 0 atom stereocenters. The van der Waals surface area contributed by atoms with E-state index in [1.165, 1.54) is 19.1 Å². The second-order valence-corrected chi connectivity index (χ2v) is 6.03. The summed E-state index contributed by atoms with van der Waals surface area (Å²) in [6, 6.07) is 11.1. The van der Waals surface area contributed by atoms with E-state index in [0.717, 1.165) is 13.8 Å². The highest BCUT2D eigenvalue weighted by molar-refractivity contribution is 5.91. The number of benzene rings is 2. The molecule has 8 heteroatoms. The number of hydrogen-bond donors (Lipinski definition) is 0. The van der Waals surface area contributed by atoms with Crippen molar-refractivity contribution in [3.8, 4) is 28.6 Å². The largest absolute Gasteiger partial charge is 0.452 e. The third-order valence-electron chi connectivity index (χ3n) is 3.69. The fourth-order valence-electron chi connectivity index (χ4n) is 2.72. The van der Waals surface area contributed by atoms with E-state index in [9.17, 15) is 19.2 Å². The fourth-order valence-corrected chi connectivity index (χ4v) is 2.72. The number of carbonyl (C=O) groups is 3. The van der Waals surface area contributed by atoms with Gasteiger partial charge in [0.2, 0.25) is 11.2 Å². The van der Waals surface area contributed by atoms with Gasteiger partial charge in [0.05, 0.1) is 0 Å². The van der Waals surface area contributed by atoms with Crippen LogP contribution in [0.2, 0.25) is 0 Å². The van der Waals surface area contributed by atoms with E-state index in [0.29, 0.717) is 5.56 Å². The Kier molecular flexibility index (Phi) is 5.45. The molecule has 1 aromatic heterocycles. The Morgan fingerprint density at radius 3 is 2.03 bits per heavy atom. The van der Waals surface area contributed by atoms with Gasteiger partial charge >= 0.3 is 17.9 Å². The minimum absolute atomic E-state index is 0.00653. The second-order valence-electron chi connectivity index (χ2n) is 6.03. The molecule has 0 aliphatic rings. The average Bonchev–Trinajstić information content (AvgIpc) is 2.63. The van der Waals surface area contributed by atoms with Crippen molar-refractivity contribution < 1.29 is 33.0 Å². The summed E-state index contributed by atoms with van der Waals surface area (Å²) < 4.78 is 21.1. The lowest BCUT2D eigenvalue weighted by atomic mass is 10.1. The molecule has 0 N–H and O–H groups in total. The summed E-state index contributed by atoms with van der Waals surface area (Å²) in [7, 11) is 0. The lowest BCUT2D eigenvalue weighted by Gasteiger charge is -2.13. The first-order valence-corrected chi connectivity index (χ1v) is 8.51. The van der Waals surface area contributed by atoms with E-state index in [2.05, 4.69) is 0 Å². The van der Waals surface area contributed by atoms with Crippen molar-refractivity contribution in [1.82, 2.24) is 0 Å². The van der Waals surface area contributed by atoms with Gasteiger partial charge in [-0.05, 0) is 0 Å².